The van der Waals surface area contributed by atoms with Crippen molar-refractivity contribution in [2.24, 2.45) is 10.8 Å². The van der Waals surface area contributed by atoms with Gasteiger partial charge in [0.2, 0.25) is 0 Å². The van der Waals surface area contributed by atoms with E-state index in [0.29, 0.717) is 5.41 Å². The summed E-state index contributed by atoms with van der Waals surface area (Å²) in [5.74, 6) is 0. The molecule has 0 spiro atoms. The van der Waals surface area contributed by atoms with E-state index in [0.717, 1.165) is 0 Å². The van der Waals surface area contributed by atoms with Crippen molar-refractivity contribution in [1.82, 2.24) is 5.32 Å². The van der Waals surface area contributed by atoms with E-state index in [1.807, 2.05) is 12.4 Å². The minimum absolute atomic E-state index is 0.193. The predicted molar refractivity (Wildman–Crippen MR) is 49.0 cm³/mol. The summed E-state index contributed by atoms with van der Waals surface area (Å²) in [6.07, 6.45) is 8.44. The van der Waals surface area contributed by atoms with Crippen LogP contribution in [0.1, 0.15) is 27.7 Å². The van der Waals surface area contributed by atoms with Gasteiger partial charge in [-0.1, -0.05) is 39.8 Å². The van der Waals surface area contributed by atoms with Crippen LogP contribution in [-0.2, 0) is 0 Å². The second-order valence-corrected chi connectivity index (χ2v) is 4.37. The number of hydrogen-bond donors (Lipinski definition) is 1. The Kier molecular flexibility index (Phi) is 1.83. The number of hydrogen-bond acceptors (Lipinski definition) is 1. The van der Waals surface area contributed by atoms with Gasteiger partial charge in [-0.25, -0.2) is 0 Å². The van der Waals surface area contributed by atoms with Gasteiger partial charge in [0.25, 0.3) is 0 Å². The van der Waals surface area contributed by atoms with Crippen LogP contribution in [0.2, 0.25) is 0 Å². The third-order valence-electron chi connectivity index (χ3n) is 2.67. The van der Waals surface area contributed by atoms with E-state index in [1.165, 1.54) is 0 Å². The van der Waals surface area contributed by atoms with Crippen LogP contribution in [0, 0.1) is 10.8 Å². The van der Waals surface area contributed by atoms with Crippen LogP contribution in [0.5, 0.6) is 0 Å². The lowest BCUT2D eigenvalue weighted by Crippen LogP contribution is -2.31. The summed E-state index contributed by atoms with van der Waals surface area (Å²) in [5.41, 5.74) is 0.486. The van der Waals surface area contributed by atoms with Crippen LogP contribution in [0.4, 0.5) is 0 Å². The highest BCUT2D eigenvalue weighted by Gasteiger charge is 2.33. The predicted octanol–water partition coefficient (Wildman–Crippen LogP) is 2.67. The maximum atomic E-state index is 3.05. The minimum Gasteiger partial charge on any atom is -0.368 e. The van der Waals surface area contributed by atoms with Gasteiger partial charge in [-0.15, -0.1) is 0 Å². The van der Waals surface area contributed by atoms with Crippen LogP contribution in [0.15, 0.2) is 24.6 Å². The summed E-state index contributed by atoms with van der Waals surface area (Å²) in [7, 11) is 0. The molecule has 1 heterocycles. The summed E-state index contributed by atoms with van der Waals surface area (Å²) < 4.78 is 0. The lowest BCUT2D eigenvalue weighted by molar-refractivity contribution is 0.225. The highest BCUT2D eigenvalue weighted by atomic mass is 14.8. The first-order chi connectivity index (χ1) is 4.96. The summed E-state index contributed by atoms with van der Waals surface area (Å²) in [4.78, 5) is 0. The minimum atomic E-state index is 0.193. The van der Waals surface area contributed by atoms with Gasteiger partial charge in [-0.3, -0.25) is 0 Å². The van der Waals surface area contributed by atoms with E-state index < -0.39 is 0 Å². The summed E-state index contributed by atoms with van der Waals surface area (Å²) in [6.45, 7) is 9.02. The second-order valence-electron chi connectivity index (χ2n) is 4.37. The average Bonchev–Trinajstić information content (AvgIpc) is 1.87. The topological polar surface area (TPSA) is 12.0 Å². The molecular formula is C10H17N. The van der Waals surface area contributed by atoms with E-state index in [4.69, 9.17) is 0 Å². The fourth-order valence-corrected chi connectivity index (χ4v) is 1.05. The molecule has 0 amide bonds. The molecule has 1 aliphatic rings. The van der Waals surface area contributed by atoms with E-state index in [2.05, 4.69) is 45.2 Å². The maximum absolute atomic E-state index is 3.05. The molecule has 1 heteroatoms. The van der Waals surface area contributed by atoms with Gasteiger partial charge in [-0.2, -0.15) is 0 Å². The summed E-state index contributed by atoms with van der Waals surface area (Å²) in [5, 5.41) is 3.05. The lowest BCUT2D eigenvalue weighted by Gasteiger charge is -2.38. The van der Waals surface area contributed by atoms with E-state index >= 15 is 0 Å². The normalized spacial score (nSPS) is 21.5. The van der Waals surface area contributed by atoms with Crippen LogP contribution in [0.25, 0.3) is 0 Å². The number of dihydropyridines is 1. The summed E-state index contributed by atoms with van der Waals surface area (Å²) in [6, 6.07) is 0. The fourth-order valence-electron chi connectivity index (χ4n) is 1.05. The van der Waals surface area contributed by atoms with Crippen molar-refractivity contribution in [3.05, 3.63) is 24.6 Å². The Morgan fingerprint density at radius 2 is 1.55 bits per heavy atom. The van der Waals surface area contributed by atoms with Crippen molar-refractivity contribution in [2.75, 3.05) is 0 Å². The Labute approximate surface area is 69.2 Å². The molecule has 0 aromatic carbocycles. The van der Waals surface area contributed by atoms with Crippen molar-refractivity contribution < 1.29 is 0 Å². The van der Waals surface area contributed by atoms with Crippen molar-refractivity contribution in [3.63, 3.8) is 0 Å². The molecule has 0 bridgehead atoms. The zero-order valence-corrected chi connectivity index (χ0v) is 7.81. The van der Waals surface area contributed by atoms with E-state index in [9.17, 15) is 0 Å². The first-order valence-corrected chi connectivity index (χ1v) is 4.07. The smallest absolute Gasteiger partial charge is 0.0116 e. The molecule has 0 aromatic heterocycles. The van der Waals surface area contributed by atoms with E-state index in [-0.39, 0.29) is 5.41 Å². The van der Waals surface area contributed by atoms with E-state index in [1.54, 1.807) is 0 Å². The molecule has 11 heavy (non-hydrogen) atoms. The van der Waals surface area contributed by atoms with Gasteiger partial charge in [0.1, 0.15) is 0 Å². The van der Waals surface area contributed by atoms with Gasteiger partial charge >= 0.3 is 0 Å². The van der Waals surface area contributed by atoms with Crippen LogP contribution < -0.4 is 5.32 Å². The molecule has 0 fully saturated rings. The Bertz CT molecular complexity index is 181. The standard InChI is InChI=1S/C10H17N/c1-9(2,3)10(4)5-7-11-8-6-10/h5-8,11H,1-4H3. The fraction of sp³-hybridized carbons (Fsp3) is 0.600. The van der Waals surface area contributed by atoms with Gasteiger partial charge < -0.3 is 5.32 Å². The molecule has 1 nitrogen and oxygen atoms in total. The molecule has 0 radical (unpaired) electrons. The molecule has 62 valence electrons. The van der Waals surface area contributed by atoms with Gasteiger partial charge in [-0.05, 0) is 17.8 Å². The molecule has 1 N–H and O–H groups in total. The Balaban J connectivity index is 2.90. The Morgan fingerprint density at radius 1 is 1.09 bits per heavy atom. The molecule has 0 aliphatic carbocycles. The zero-order valence-electron chi connectivity index (χ0n) is 7.81. The molecule has 1 aliphatic heterocycles. The van der Waals surface area contributed by atoms with Crippen LogP contribution in [-0.4, -0.2) is 0 Å². The maximum Gasteiger partial charge on any atom is 0.0116 e. The first-order valence-electron chi connectivity index (χ1n) is 4.07. The summed E-state index contributed by atoms with van der Waals surface area (Å²) >= 11 is 0. The van der Waals surface area contributed by atoms with Crippen molar-refractivity contribution in [1.29, 1.82) is 0 Å². The monoisotopic (exact) mass is 151 g/mol. The molecule has 0 saturated carbocycles. The van der Waals surface area contributed by atoms with Gasteiger partial charge in [0, 0.05) is 5.41 Å². The van der Waals surface area contributed by atoms with Gasteiger partial charge in [0.05, 0.1) is 0 Å². The lowest BCUT2D eigenvalue weighted by atomic mass is 9.67. The second kappa shape index (κ2) is 2.40. The quantitative estimate of drug-likeness (QED) is 0.561. The highest BCUT2D eigenvalue weighted by Crippen LogP contribution is 2.41. The molecule has 0 atom stereocenters. The Hall–Kier alpha value is -0.720. The number of allylic oxidation sites excluding steroid dienone is 2. The molecule has 1 rings (SSSR count). The molecule has 0 aromatic rings. The van der Waals surface area contributed by atoms with Crippen molar-refractivity contribution in [3.8, 4) is 0 Å². The highest BCUT2D eigenvalue weighted by molar-refractivity contribution is 5.17. The zero-order chi connectivity index (χ0) is 8.54. The first kappa shape index (κ1) is 8.38. The number of nitrogens with one attached hydrogen (secondary N) is 1. The molecule has 0 saturated heterocycles. The van der Waals surface area contributed by atoms with Gasteiger partial charge in [0.15, 0.2) is 0 Å². The van der Waals surface area contributed by atoms with Crippen LogP contribution >= 0.6 is 0 Å². The van der Waals surface area contributed by atoms with Crippen molar-refractivity contribution in [2.45, 2.75) is 27.7 Å². The van der Waals surface area contributed by atoms with Crippen molar-refractivity contribution >= 4 is 0 Å². The Morgan fingerprint density at radius 3 is 1.82 bits per heavy atom. The molecular weight excluding hydrogens is 134 g/mol. The average molecular weight is 151 g/mol. The third-order valence-corrected chi connectivity index (χ3v) is 2.67. The van der Waals surface area contributed by atoms with Crippen LogP contribution in [0.3, 0.4) is 0 Å². The third kappa shape index (κ3) is 1.47. The SMILES string of the molecule is CC(C)(C)C1(C)C=CNC=C1. The largest absolute Gasteiger partial charge is 0.368 e. The number of rotatable bonds is 0. The molecule has 0 unspecified atom stereocenters.